The largest absolute Gasteiger partial charge is 0.310 e. The summed E-state index contributed by atoms with van der Waals surface area (Å²) < 4.78 is 4.82. The fourth-order valence-corrected chi connectivity index (χ4v) is 18.9. The second-order valence-corrected chi connectivity index (χ2v) is 29.8. The van der Waals surface area contributed by atoms with Crippen LogP contribution in [0.3, 0.4) is 0 Å². The number of nitriles is 2. The molecule has 2 aromatic heterocycles. The van der Waals surface area contributed by atoms with Gasteiger partial charge in [0.15, 0.2) is 0 Å². The molecule has 0 bridgehead atoms. The Hall–Kier alpha value is -14.4. The monoisotopic (exact) mass is 1440 g/mol. The minimum atomic E-state index is 0.592. The zero-order valence-corrected chi connectivity index (χ0v) is 61.1. The lowest BCUT2D eigenvalue weighted by Gasteiger charge is -2.28. The molecular weight excluding hydrogens is 1370 g/mol. The molecule has 0 N–H and O–H groups in total. The predicted octanol–water partition coefficient (Wildman–Crippen LogP) is 29.7. The molecule has 514 valence electrons. The van der Waals surface area contributed by atoms with E-state index in [0.717, 1.165) is 128 Å². The van der Waals surface area contributed by atoms with E-state index in [2.05, 4.69) is 378 Å². The molecular formula is C102H64N6S2. The first-order valence-electron chi connectivity index (χ1n) is 36.9. The van der Waals surface area contributed by atoms with E-state index in [-0.39, 0.29) is 0 Å². The van der Waals surface area contributed by atoms with Crippen LogP contribution in [0.4, 0.5) is 68.2 Å². The van der Waals surface area contributed by atoms with Gasteiger partial charge in [-0.15, -0.1) is 22.7 Å². The van der Waals surface area contributed by atoms with Gasteiger partial charge in [0, 0.05) is 118 Å². The summed E-state index contributed by atoms with van der Waals surface area (Å²) in [6.07, 6.45) is 0. The van der Waals surface area contributed by atoms with Crippen LogP contribution in [0.25, 0.3) is 117 Å². The maximum Gasteiger partial charge on any atom is 0.0991 e. The van der Waals surface area contributed by atoms with E-state index in [0.29, 0.717) is 11.1 Å². The fraction of sp³-hybridized carbons (Fsp3) is 0. The van der Waals surface area contributed by atoms with Gasteiger partial charge in [-0.1, -0.05) is 243 Å². The molecule has 6 nitrogen and oxygen atoms in total. The van der Waals surface area contributed by atoms with Gasteiger partial charge >= 0.3 is 0 Å². The minimum Gasteiger partial charge on any atom is -0.310 e. The molecule has 0 fully saturated rings. The Bertz CT molecular complexity index is 7010. The van der Waals surface area contributed by atoms with Crippen molar-refractivity contribution in [2.75, 3.05) is 19.6 Å². The number of rotatable bonds is 15. The number of fused-ring (bicyclic) bond motifs is 14. The van der Waals surface area contributed by atoms with Gasteiger partial charge in [-0.3, -0.25) is 0 Å². The van der Waals surface area contributed by atoms with Crippen molar-refractivity contribution in [1.82, 2.24) is 0 Å². The first-order valence-corrected chi connectivity index (χ1v) is 38.5. The first-order chi connectivity index (χ1) is 54.5. The summed E-state index contributed by atoms with van der Waals surface area (Å²) in [6, 6.07) is 144. The standard InChI is InChI=1S/C102H64N6S2/c103-65-67-40-50-77(51-41-67)106(76-29-11-4-12-30-76)95-63-97-99(87-36-17-13-32-83(87)95)92-62-94(86-35-16-20-39-90(86)102(92)109-97)107(78-52-42-68(66-104)43-53-78)80-58-48-73(49-59-80)74-26-21-31-82(60-74)108(81-56-46-72(47-57-81)70-24-7-2-8-25-70)96-64-98-100(88-37-18-14-33-84(88)96)91-61-93(85-34-15-19-38-89(85)101(91)110-98)105(75-27-9-3-10-28-75)79-54-44-71(45-55-79)69-22-5-1-6-23-69/h1-64H. The van der Waals surface area contributed by atoms with E-state index in [1.165, 1.54) is 57.5 Å². The molecule has 0 radical (unpaired) electrons. The number of thiophene rings is 2. The summed E-state index contributed by atoms with van der Waals surface area (Å²) in [5.41, 5.74) is 20.4. The number of para-hydroxylation sites is 2. The number of hydrogen-bond acceptors (Lipinski definition) is 8. The van der Waals surface area contributed by atoms with Gasteiger partial charge in [0.2, 0.25) is 0 Å². The first kappa shape index (κ1) is 65.2. The molecule has 0 amide bonds. The highest BCUT2D eigenvalue weighted by atomic mass is 32.1. The van der Waals surface area contributed by atoms with Crippen LogP contribution in [0, 0.1) is 22.7 Å². The Morgan fingerprint density at radius 2 is 0.445 bits per heavy atom. The molecule has 0 atom stereocenters. The van der Waals surface area contributed by atoms with Crippen molar-refractivity contribution in [3.05, 3.63) is 399 Å². The Balaban J connectivity index is 0.725. The van der Waals surface area contributed by atoms with Crippen LogP contribution >= 0.6 is 22.7 Å². The number of nitrogens with zero attached hydrogens (tertiary/aromatic N) is 6. The summed E-state index contributed by atoms with van der Waals surface area (Å²) in [5, 5.41) is 34.1. The van der Waals surface area contributed by atoms with Crippen molar-refractivity contribution in [3.63, 3.8) is 0 Å². The average molecular weight is 1440 g/mol. The molecule has 0 aliphatic rings. The Morgan fingerprint density at radius 1 is 0.191 bits per heavy atom. The minimum absolute atomic E-state index is 0.592. The zero-order valence-electron chi connectivity index (χ0n) is 59.5. The van der Waals surface area contributed by atoms with Gasteiger partial charge < -0.3 is 19.6 Å². The second-order valence-electron chi connectivity index (χ2n) is 27.7. The molecule has 8 heteroatoms. The molecule has 18 aromatic carbocycles. The van der Waals surface area contributed by atoms with Gasteiger partial charge in [0.05, 0.1) is 46.0 Å². The van der Waals surface area contributed by atoms with Crippen LogP contribution < -0.4 is 19.6 Å². The van der Waals surface area contributed by atoms with Crippen molar-refractivity contribution in [2.45, 2.75) is 0 Å². The van der Waals surface area contributed by atoms with E-state index in [9.17, 15) is 10.5 Å². The summed E-state index contributed by atoms with van der Waals surface area (Å²) in [5.74, 6) is 0. The lowest BCUT2D eigenvalue weighted by atomic mass is 9.97. The van der Waals surface area contributed by atoms with Gasteiger partial charge in [0.25, 0.3) is 0 Å². The SMILES string of the molecule is N#Cc1ccc(N(c2ccc(-c3cccc(N(c4ccc(-c5ccccc5)cc4)c4cc5sc6c7ccccc7c(N(c7ccccc7)c7ccc(-c8ccccc8)cc7)cc6c5c5ccccc45)c3)cc2)c2cc3c(sc4cc(N(c5ccccc5)c5ccc(C#N)cc5)c5ccccc5c43)c3ccccc23)cc1. The van der Waals surface area contributed by atoms with Crippen molar-refractivity contribution in [1.29, 1.82) is 10.5 Å². The number of anilines is 12. The highest BCUT2D eigenvalue weighted by Crippen LogP contribution is 2.54. The van der Waals surface area contributed by atoms with Gasteiger partial charge in [-0.25, -0.2) is 0 Å². The molecule has 20 rings (SSSR count). The summed E-state index contributed by atoms with van der Waals surface area (Å²) in [7, 11) is 0. The number of hydrogen-bond donors (Lipinski definition) is 0. The maximum atomic E-state index is 10.2. The average Bonchev–Trinajstić information content (AvgIpc) is 1.55. The Kier molecular flexibility index (Phi) is 16.3. The van der Waals surface area contributed by atoms with Gasteiger partial charge in [0.1, 0.15) is 0 Å². The Morgan fingerprint density at radius 3 is 0.809 bits per heavy atom. The van der Waals surface area contributed by atoms with Crippen molar-refractivity contribution in [3.8, 4) is 45.5 Å². The van der Waals surface area contributed by atoms with Crippen LogP contribution in [-0.2, 0) is 0 Å². The fourth-order valence-electron chi connectivity index (χ4n) is 16.3. The van der Waals surface area contributed by atoms with E-state index in [1.54, 1.807) is 0 Å². The predicted molar refractivity (Wildman–Crippen MR) is 467 cm³/mol. The molecule has 0 unspecified atom stereocenters. The molecule has 2 heterocycles. The van der Waals surface area contributed by atoms with Crippen LogP contribution in [0.5, 0.6) is 0 Å². The summed E-state index contributed by atoms with van der Waals surface area (Å²) in [4.78, 5) is 9.55. The molecule has 20 aromatic rings. The van der Waals surface area contributed by atoms with E-state index in [1.807, 2.05) is 65.1 Å². The molecule has 0 saturated heterocycles. The van der Waals surface area contributed by atoms with Crippen molar-refractivity contribution < 1.29 is 0 Å². The lowest BCUT2D eigenvalue weighted by Crippen LogP contribution is -2.11. The van der Waals surface area contributed by atoms with Crippen LogP contribution in [-0.4, -0.2) is 0 Å². The smallest absolute Gasteiger partial charge is 0.0991 e. The highest BCUT2D eigenvalue weighted by molar-refractivity contribution is 7.27. The van der Waals surface area contributed by atoms with Gasteiger partial charge in [-0.05, 0) is 190 Å². The lowest BCUT2D eigenvalue weighted by molar-refractivity contribution is 1.29. The second kappa shape index (κ2) is 27.5. The highest BCUT2D eigenvalue weighted by Gasteiger charge is 2.27. The van der Waals surface area contributed by atoms with Crippen LogP contribution in [0.2, 0.25) is 0 Å². The third kappa shape index (κ3) is 11.4. The number of benzene rings is 18. The summed E-state index contributed by atoms with van der Waals surface area (Å²) >= 11 is 3.70. The van der Waals surface area contributed by atoms with Gasteiger partial charge in [-0.2, -0.15) is 10.5 Å². The van der Waals surface area contributed by atoms with Crippen LogP contribution in [0.1, 0.15) is 11.1 Å². The Labute approximate surface area is 644 Å². The molecule has 0 saturated carbocycles. The van der Waals surface area contributed by atoms with Crippen molar-refractivity contribution >= 4 is 174 Å². The topological polar surface area (TPSA) is 60.5 Å². The third-order valence-corrected chi connectivity index (χ3v) is 23.8. The van der Waals surface area contributed by atoms with E-state index >= 15 is 0 Å². The molecule has 110 heavy (non-hydrogen) atoms. The maximum absolute atomic E-state index is 10.2. The quantitative estimate of drug-likeness (QED) is 0.102. The molecule has 0 spiro atoms. The van der Waals surface area contributed by atoms with Crippen molar-refractivity contribution in [2.24, 2.45) is 0 Å². The van der Waals surface area contributed by atoms with E-state index in [4.69, 9.17) is 0 Å². The van der Waals surface area contributed by atoms with E-state index < -0.39 is 0 Å². The molecule has 0 aliphatic heterocycles. The normalized spacial score (nSPS) is 11.4. The summed E-state index contributed by atoms with van der Waals surface area (Å²) in [6.45, 7) is 0. The molecule has 0 aliphatic carbocycles. The van der Waals surface area contributed by atoms with Crippen LogP contribution in [0.15, 0.2) is 388 Å². The zero-order chi connectivity index (χ0) is 73.2. The third-order valence-electron chi connectivity index (χ3n) is 21.4.